The smallest absolute Gasteiger partial charge is 0.377 e. The molecule has 1 saturated heterocycles. The van der Waals surface area contributed by atoms with Gasteiger partial charge in [0.25, 0.3) is 0 Å². The van der Waals surface area contributed by atoms with Crippen molar-refractivity contribution in [2.45, 2.75) is 18.4 Å². The quantitative estimate of drug-likeness (QED) is 0.850. The number of rotatable bonds is 3. The summed E-state index contributed by atoms with van der Waals surface area (Å²) >= 11 is 5.70. The number of anilines is 1. The lowest BCUT2D eigenvalue weighted by Gasteiger charge is -2.10. The van der Waals surface area contributed by atoms with Crippen LogP contribution in [0.1, 0.15) is 6.42 Å². The van der Waals surface area contributed by atoms with Crippen LogP contribution in [0.25, 0.3) is 0 Å². The third-order valence-electron chi connectivity index (χ3n) is 2.43. The number of nitrogens with one attached hydrogen (secondary N) is 1. The maximum atomic E-state index is 12.8. The SMILES string of the molecule is O=C1OC(CNc2ccc(Cl)cc2)CC1(F)F. The molecule has 17 heavy (non-hydrogen) atoms. The fourth-order valence-corrected chi connectivity index (χ4v) is 1.69. The summed E-state index contributed by atoms with van der Waals surface area (Å²) in [5.41, 5.74) is 0.737. The molecule has 1 aliphatic heterocycles. The van der Waals surface area contributed by atoms with Gasteiger partial charge in [-0.25, -0.2) is 4.79 Å². The Bertz CT molecular complexity index is 422. The fraction of sp³-hybridized carbons (Fsp3) is 0.364. The van der Waals surface area contributed by atoms with E-state index in [2.05, 4.69) is 10.1 Å². The molecule has 0 spiro atoms. The third-order valence-corrected chi connectivity index (χ3v) is 2.69. The van der Waals surface area contributed by atoms with Gasteiger partial charge in [-0.2, -0.15) is 8.78 Å². The highest BCUT2D eigenvalue weighted by Gasteiger charge is 2.50. The molecule has 1 aromatic rings. The van der Waals surface area contributed by atoms with E-state index in [1.54, 1.807) is 24.3 Å². The molecule has 1 aliphatic rings. The van der Waals surface area contributed by atoms with Gasteiger partial charge in [-0.3, -0.25) is 0 Å². The van der Waals surface area contributed by atoms with Gasteiger partial charge in [-0.15, -0.1) is 0 Å². The third kappa shape index (κ3) is 2.85. The minimum Gasteiger partial charge on any atom is -0.456 e. The van der Waals surface area contributed by atoms with E-state index in [-0.39, 0.29) is 6.54 Å². The van der Waals surface area contributed by atoms with Gasteiger partial charge in [-0.1, -0.05) is 11.6 Å². The first-order valence-electron chi connectivity index (χ1n) is 5.06. The van der Waals surface area contributed by atoms with Crippen LogP contribution in [0, 0.1) is 0 Å². The minimum atomic E-state index is -3.35. The number of alkyl halides is 2. The van der Waals surface area contributed by atoms with Crippen LogP contribution in [-0.2, 0) is 9.53 Å². The van der Waals surface area contributed by atoms with Crippen LogP contribution >= 0.6 is 11.6 Å². The molecule has 0 bridgehead atoms. The fourth-order valence-electron chi connectivity index (χ4n) is 1.56. The summed E-state index contributed by atoms with van der Waals surface area (Å²) in [7, 11) is 0. The molecule has 0 radical (unpaired) electrons. The topological polar surface area (TPSA) is 38.3 Å². The first-order valence-corrected chi connectivity index (χ1v) is 5.43. The Balaban J connectivity index is 1.88. The Morgan fingerprint density at radius 1 is 1.41 bits per heavy atom. The first kappa shape index (κ1) is 12.1. The number of benzene rings is 1. The molecule has 1 unspecified atom stereocenters. The molecular weight excluding hydrogens is 252 g/mol. The molecular formula is C11H10ClF2NO2. The summed E-state index contributed by atoms with van der Waals surface area (Å²) in [6, 6.07) is 6.80. The number of carbonyl (C=O) groups excluding carboxylic acids is 1. The molecule has 0 aliphatic carbocycles. The minimum absolute atomic E-state index is 0.156. The van der Waals surface area contributed by atoms with Gasteiger partial charge in [0.15, 0.2) is 0 Å². The number of esters is 1. The molecule has 6 heteroatoms. The van der Waals surface area contributed by atoms with Crippen LogP contribution < -0.4 is 5.32 Å². The molecule has 1 heterocycles. The number of ether oxygens (including phenoxy) is 1. The highest BCUT2D eigenvalue weighted by molar-refractivity contribution is 6.30. The first-order chi connectivity index (χ1) is 7.97. The largest absolute Gasteiger partial charge is 0.456 e. The van der Waals surface area contributed by atoms with Crippen LogP contribution in [-0.4, -0.2) is 24.5 Å². The van der Waals surface area contributed by atoms with Crippen LogP contribution in [0.4, 0.5) is 14.5 Å². The molecule has 2 rings (SSSR count). The van der Waals surface area contributed by atoms with Crippen LogP contribution in [0.15, 0.2) is 24.3 Å². The van der Waals surface area contributed by atoms with Gasteiger partial charge in [0.2, 0.25) is 0 Å². The second-order valence-corrected chi connectivity index (χ2v) is 4.26. The van der Waals surface area contributed by atoms with E-state index in [1.807, 2.05) is 0 Å². The number of hydrogen-bond donors (Lipinski definition) is 1. The molecule has 0 saturated carbocycles. The molecule has 1 fully saturated rings. The maximum absolute atomic E-state index is 12.8. The molecule has 92 valence electrons. The lowest BCUT2D eigenvalue weighted by atomic mass is 10.2. The van der Waals surface area contributed by atoms with Crippen molar-refractivity contribution >= 4 is 23.3 Å². The van der Waals surface area contributed by atoms with Crippen molar-refractivity contribution in [3.8, 4) is 0 Å². The Labute approximate surface area is 102 Å². The van der Waals surface area contributed by atoms with Crippen LogP contribution in [0.2, 0.25) is 5.02 Å². The monoisotopic (exact) mass is 261 g/mol. The van der Waals surface area contributed by atoms with Gasteiger partial charge in [0.1, 0.15) is 6.10 Å². The van der Waals surface area contributed by atoms with Crippen molar-refractivity contribution < 1.29 is 18.3 Å². The summed E-state index contributed by atoms with van der Waals surface area (Å²) in [5.74, 6) is -4.80. The van der Waals surface area contributed by atoms with Crippen molar-refractivity contribution in [2.24, 2.45) is 0 Å². The van der Waals surface area contributed by atoms with E-state index < -0.39 is 24.4 Å². The average molecular weight is 262 g/mol. The summed E-state index contributed by atoms with van der Waals surface area (Å²) in [6.07, 6.45) is -1.37. The van der Waals surface area contributed by atoms with Gasteiger partial charge in [0.05, 0.1) is 13.0 Å². The van der Waals surface area contributed by atoms with E-state index in [1.165, 1.54) is 0 Å². The number of halogens is 3. The van der Waals surface area contributed by atoms with Gasteiger partial charge < -0.3 is 10.1 Å². The Kier molecular flexibility index (Phi) is 3.19. The van der Waals surface area contributed by atoms with E-state index in [0.29, 0.717) is 5.02 Å². The van der Waals surface area contributed by atoms with Crippen molar-refractivity contribution in [3.63, 3.8) is 0 Å². The summed E-state index contributed by atoms with van der Waals surface area (Å²) in [6.45, 7) is 0.156. The zero-order valence-corrected chi connectivity index (χ0v) is 9.51. The standard InChI is InChI=1S/C11H10ClF2NO2/c12-7-1-3-8(4-2-7)15-6-9-5-11(13,14)10(16)17-9/h1-4,9,15H,5-6H2. The van der Waals surface area contributed by atoms with Crippen molar-refractivity contribution in [1.82, 2.24) is 0 Å². The van der Waals surface area contributed by atoms with Gasteiger partial charge in [-0.05, 0) is 24.3 Å². The van der Waals surface area contributed by atoms with Crippen LogP contribution in [0.3, 0.4) is 0 Å². The second-order valence-electron chi connectivity index (χ2n) is 3.82. The summed E-state index contributed by atoms with van der Waals surface area (Å²) in [4.78, 5) is 10.7. The number of cyclic esters (lactones) is 1. The van der Waals surface area contributed by atoms with E-state index in [4.69, 9.17) is 11.6 Å². The average Bonchev–Trinajstić information content (AvgIpc) is 2.52. The van der Waals surface area contributed by atoms with Gasteiger partial charge in [0, 0.05) is 10.7 Å². The normalized spacial score (nSPS) is 22.3. The van der Waals surface area contributed by atoms with Crippen molar-refractivity contribution in [1.29, 1.82) is 0 Å². The molecule has 0 amide bonds. The number of carbonyl (C=O) groups is 1. The highest BCUT2D eigenvalue weighted by atomic mass is 35.5. The lowest BCUT2D eigenvalue weighted by molar-refractivity contribution is -0.158. The molecule has 1 atom stereocenters. The van der Waals surface area contributed by atoms with Crippen LogP contribution in [0.5, 0.6) is 0 Å². The van der Waals surface area contributed by atoms with E-state index >= 15 is 0 Å². The molecule has 1 N–H and O–H groups in total. The maximum Gasteiger partial charge on any atom is 0.377 e. The Morgan fingerprint density at radius 3 is 2.59 bits per heavy atom. The highest BCUT2D eigenvalue weighted by Crippen LogP contribution is 2.30. The zero-order chi connectivity index (χ0) is 12.5. The second kappa shape index (κ2) is 4.49. The molecule has 3 nitrogen and oxygen atoms in total. The summed E-state index contributed by atoms with van der Waals surface area (Å²) in [5, 5.41) is 3.49. The van der Waals surface area contributed by atoms with E-state index in [9.17, 15) is 13.6 Å². The predicted molar refractivity (Wildman–Crippen MR) is 59.4 cm³/mol. The Hall–Kier alpha value is -1.36. The van der Waals surface area contributed by atoms with Crippen molar-refractivity contribution in [3.05, 3.63) is 29.3 Å². The lowest BCUT2D eigenvalue weighted by Crippen LogP contribution is -2.22. The summed E-state index contributed by atoms with van der Waals surface area (Å²) < 4.78 is 30.2. The molecule has 1 aromatic carbocycles. The Morgan fingerprint density at radius 2 is 2.06 bits per heavy atom. The number of hydrogen-bond acceptors (Lipinski definition) is 3. The van der Waals surface area contributed by atoms with E-state index in [0.717, 1.165) is 5.69 Å². The zero-order valence-electron chi connectivity index (χ0n) is 8.75. The van der Waals surface area contributed by atoms with Crippen molar-refractivity contribution in [2.75, 3.05) is 11.9 Å². The molecule has 0 aromatic heterocycles. The van der Waals surface area contributed by atoms with Gasteiger partial charge >= 0.3 is 11.9 Å². The predicted octanol–water partition coefficient (Wildman–Crippen LogP) is 2.70.